The lowest BCUT2D eigenvalue weighted by Gasteiger charge is -2.32. The second-order valence-corrected chi connectivity index (χ2v) is 10.3. The largest absolute Gasteiger partial charge is 0.381 e. The molecule has 1 saturated heterocycles. The van der Waals surface area contributed by atoms with E-state index in [9.17, 15) is 14.4 Å². The van der Waals surface area contributed by atoms with Crippen LogP contribution in [0.15, 0.2) is 24.5 Å². The van der Waals surface area contributed by atoms with E-state index in [-0.39, 0.29) is 23.6 Å². The van der Waals surface area contributed by atoms with E-state index >= 15 is 0 Å². The van der Waals surface area contributed by atoms with E-state index in [4.69, 9.17) is 4.74 Å². The van der Waals surface area contributed by atoms with Crippen molar-refractivity contribution in [2.24, 2.45) is 11.8 Å². The molecule has 5 rings (SSSR count). The molecule has 0 bridgehead atoms. The summed E-state index contributed by atoms with van der Waals surface area (Å²) in [5, 5.41) is 13.0. The predicted octanol–water partition coefficient (Wildman–Crippen LogP) is 2.86. The highest BCUT2D eigenvalue weighted by Crippen LogP contribution is 2.44. The maximum atomic E-state index is 13.5. The number of pyridine rings is 1. The van der Waals surface area contributed by atoms with Crippen molar-refractivity contribution in [3.8, 4) is 0 Å². The Morgan fingerprint density at radius 1 is 1.25 bits per heavy atom. The normalized spacial score (nSPS) is 23.6. The molecule has 3 N–H and O–H groups in total. The van der Waals surface area contributed by atoms with E-state index in [0.717, 1.165) is 31.2 Å². The lowest BCUT2D eigenvalue weighted by molar-refractivity contribution is -0.124. The molecule has 3 aliphatic rings. The first-order chi connectivity index (χ1) is 17.4. The molecular formula is C26H34N6O4. The summed E-state index contributed by atoms with van der Waals surface area (Å²) < 4.78 is 7.08. The van der Waals surface area contributed by atoms with Crippen molar-refractivity contribution in [2.75, 3.05) is 23.8 Å². The third-order valence-electron chi connectivity index (χ3n) is 8.05. The molecule has 3 amide bonds. The van der Waals surface area contributed by atoms with E-state index in [2.05, 4.69) is 33.0 Å². The van der Waals surface area contributed by atoms with Gasteiger partial charge in [0.15, 0.2) is 0 Å². The molecule has 0 aromatic carbocycles. The summed E-state index contributed by atoms with van der Waals surface area (Å²) in [5.41, 5.74) is 1.35. The summed E-state index contributed by atoms with van der Waals surface area (Å²) in [7, 11) is 0. The fraction of sp³-hybridized carbons (Fsp3) is 0.577. The lowest BCUT2D eigenvalue weighted by Crippen LogP contribution is -2.49. The number of ether oxygens (including phenoxy) is 1. The maximum absolute atomic E-state index is 13.5. The first-order valence-electron chi connectivity index (χ1n) is 12.9. The Morgan fingerprint density at radius 3 is 2.72 bits per heavy atom. The molecule has 1 aliphatic carbocycles. The average molecular weight is 495 g/mol. The van der Waals surface area contributed by atoms with Gasteiger partial charge in [-0.25, -0.2) is 4.98 Å². The first-order valence-corrected chi connectivity index (χ1v) is 12.9. The van der Waals surface area contributed by atoms with E-state index < -0.39 is 11.5 Å². The second kappa shape index (κ2) is 10.0. The molecule has 1 saturated carbocycles. The average Bonchev–Trinajstić information content (AvgIpc) is 3.46. The number of fused-ring (bicyclic) bond motifs is 2. The van der Waals surface area contributed by atoms with Crippen LogP contribution in [0.2, 0.25) is 0 Å². The predicted molar refractivity (Wildman–Crippen MR) is 134 cm³/mol. The minimum atomic E-state index is -0.698. The van der Waals surface area contributed by atoms with Crippen LogP contribution >= 0.6 is 0 Å². The number of nitrogens with one attached hydrogen (secondary N) is 3. The van der Waals surface area contributed by atoms with Crippen LogP contribution < -0.4 is 16.0 Å². The van der Waals surface area contributed by atoms with Gasteiger partial charge in [0.05, 0.1) is 11.1 Å². The van der Waals surface area contributed by atoms with Crippen LogP contribution in [0.25, 0.3) is 0 Å². The summed E-state index contributed by atoms with van der Waals surface area (Å²) >= 11 is 0. The number of nitrogens with zero attached hydrogens (tertiary/aromatic N) is 3. The van der Waals surface area contributed by atoms with Gasteiger partial charge >= 0.3 is 0 Å². The van der Waals surface area contributed by atoms with Crippen LogP contribution in [0.1, 0.15) is 68.4 Å². The van der Waals surface area contributed by atoms with Gasteiger partial charge in [0.2, 0.25) is 11.8 Å². The zero-order chi connectivity index (χ0) is 25.3. The number of amides is 3. The Kier molecular flexibility index (Phi) is 6.79. The minimum absolute atomic E-state index is 0.0304. The maximum Gasteiger partial charge on any atom is 0.270 e. The fourth-order valence-electron chi connectivity index (χ4n) is 5.80. The number of anilines is 2. The van der Waals surface area contributed by atoms with E-state index in [1.54, 1.807) is 29.2 Å². The first kappa shape index (κ1) is 24.4. The van der Waals surface area contributed by atoms with Crippen molar-refractivity contribution in [3.05, 3.63) is 35.8 Å². The molecule has 1 atom stereocenters. The van der Waals surface area contributed by atoms with Crippen molar-refractivity contribution < 1.29 is 19.1 Å². The van der Waals surface area contributed by atoms with E-state index in [1.807, 2.05) is 6.92 Å². The van der Waals surface area contributed by atoms with Crippen molar-refractivity contribution in [2.45, 2.75) is 70.4 Å². The van der Waals surface area contributed by atoms with E-state index in [1.165, 1.54) is 0 Å². The van der Waals surface area contributed by atoms with Gasteiger partial charge in [-0.1, -0.05) is 19.8 Å². The molecule has 10 nitrogen and oxygen atoms in total. The molecule has 36 heavy (non-hydrogen) atoms. The molecule has 10 heteroatoms. The number of aryl methyl sites for hydroxylation is 1. The summed E-state index contributed by atoms with van der Waals surface area (Å²) in [6, 6.07) is 2.67. The van der Waals surface area contributed by atoms with Gasteiger partial charge in [0, 0.05) is 43.8 Å². The highest BCUT2D eigenvalue weighted by Gasteiger charge is 2.48. The third-order valence-corrected chi connectivity index (χ3v) is 8.05. The Bertz CT molecular complexity index is 1150. The van der Waals surface area contributed by atoms with Gasteiger partial charge in [-0.05, 0) is 50.5 Å². The van der Waals surface area contributed by atoms with Crippen molar-refractivity contribution >= 4 is 29.2 Å². The number of carbonyl (C=O) groups is 3. The van der Waals surface area contributed by atoms with Gasteiger partial charge in [0.1, 0.15) is 17.6 Å². The van der Waals surface area contributed by atoms with Crippen molar-refractivity contribution in [3.63, 3.8) is 0 Å². The van der Waals surface area contributed by atoms with Crippen LogP contribution in [0.4, 0.5) is 11.5 Å². The Hall–Kier alpha value is -3.27. The molecule has 4 heterocycles. The molecule has 2 aromatic rings. The summed E-state index contributed by atoms with van der Waals surface area (Å²) in [5.74, 6) is 0.335. The molecule has 2 aliphatic heterocycles. The van der Waals surface area contributed by atoms with Crippen LogP contribution in [0, 0.1) is 11.8 Å². The SMILES string of the molecule is CCn1nccc1C(=O)N[C@H](C(=O)Nc1cc2c(cn1)C1(CCOCC1)C(=O)N2)C1CCC(C)CC1. The summed E-state index contributed by atoms with van der Waals surface area (Å²) in [6.45, 7) is 5.76. The highest BCUT2D eigenvalue weighted by atomic mass is 16.5. The Labute approximate surface area is 210 Å². The van der Waals surface area contributed by atoms with Crippen LogP contribution in [-0.2, 0) is 26.3 Å². The van der Waals surface area contributed by atoms with Gasteiger partial charge in [0.25, 0.3) is 5.91 Å². The Morgan fingerprint density at radius 2 is 2.00 bits per heavy atom. The Balaban J connectivity index is 1.35. The third kappa shape index (κ3) is 4.50. The number of rotatable bonds is 6. The topological polar surface area (TPSA) is 127 Å². The van der Waals surface area contributed by atoms with Gasteiger partial charge in [-0.2, -0.15) is 5.10 Å². The molecule has 0 radical (unpaired) electrons. The van der Waals surface area contributed by atoms with Gasteiger partial charge in [-0.3, -0.25) is 19.1 Å². The van der Waals surface area contributed by atoms with Crippen LogP contribution in [0.3, 0.4) is 0 Å². The lowest BCUT2D eigenvalue weighted by atomic mass is 9.76. The van der Waals surface area contributed by atoms with Crippen molar-refractivity contribution in [1.29, 1.82) is 0 Å². The molecule has 1 spiro atoms. The molecule has 192 valence electrons. The van der Waals surface area contributed by atoms with Crippen LogP contribution in [0.5, 0.6) is 0 Å². The summed E-state index contributed by atoms with van der Waals surface area (Å²) in [4.78, 5) is 43.9. The standard InChI is InChI=1S/C26H34N6O4/c1-3-32-20(8-11-28-32)23(33)31-22(17-6-4-16(2)5-7-17)24(34)30-21-14-19-18(15-27-21)26(25(35)29-19)9-12-36-13-10-26/h8,11,14-17,22H,3-7,9-10,12-13H2,1-2H3,(H,29,35)(H,31,33)(H,27,30,34)/t16?,17?,22-/m0/s1. The summed E-state index contributed by atoms with van der Waals surface area (Å²) in [6.07, 6.45) is 8.27. The minimum Gasteiger partial charge on any atom is -0.381 e. The molecular weight excluding hydrogens is 460 g/mol. The number of carbonyl (C=O) groups excluding carboxylic acids is 3. The number of hydrogen-bond donors (Lipinski definition) is 3. The zero-order valence-corrected chi connectivity index (χ0v) is 20.9. The van der Waals surface area contributed by atoms with Gasteiger partial charge < -0.3 is 20.7 Å². The fourth-order valence-corrected chi connectivity index (χ4v) is 5.80. The quantitative estimate of drug-likeness (QED) is 0.567. The highest BCUT2D eigenvalue weighted by molar-refractivity contribution is 6.07. The number of hydrogen-bond acceptors (Lipinski definition) is 6. The molecule has 0 unspecified atom stereocenters. The van der Waals surface area contributed by atoms with Crippen molar-refractivity contribution in [1.82, 2.24) is 20.1 Å². The van der Waals surface area contributed by atoms with E-state index in [0.29, 0.717) is 55.7 Å². The smallest absolute Gasteiger partial charge is 0.270 e. The number of aromatic nitrogens is 3. The second-order valence-electron chi connectivity index (χ2n) is 10.3. The zero-order valence-electron chi connectivity index (χ0n) is 20.9. The monoisotopic (exact) mass is 494 g/mol. The van der Waals surface area contributed by atoms with Crippen LogP contribution in [-0.4, -0.2) is 51.7 Å². The van der Waals surface area contributed by atoms with Gasteiger partial charge in [-0.15, -0.1) is 0 Å². The molecule has 2 fully saturated rings. The molecule has 2 aromatic heterocycles.